The van der Waals surface area contributed by atoms with Crippen LogP contribution in [0.2, 0.25) is 0 Å². The molecule has 0 bridgehead atoms. The van der Waals surface area contributed by atoms with Crippen LogP contribution in [0, 0.1) is 0 Å². The minimum atomic E-state index is -0.0626. The molecule has 4 heteroatoms. The summed E-state index contributed by atoms with van der Waals surface area (Å²) in [5.74, 6) is 0. The van der Waals surface area contributed by atoms with Crippen molar-refractivity contribution in [1.29, 1.82) is 0 Å². The van der Waals surface area contributed by atoms with Gasteiger partial charge in [-0.1, -0.05) is 12.1 Å². The van der Waals surface area contributed by atoms with Gasteiger partial charge in [-0.05, 0) is 17.7 Å². The fourth-order valence-electron chi connectivity index (χ4n) is 1.39. The van der Waals surface area contributed by atoms with Gasteiger partial charge in [-0.2, -0.15) is 0 Å². The summed E-state index contributed by atoms with van der Waals surface area (Å²) in [5, 5.41) is 0. The average molecular weight is 201 g/mol. The van der Waals surface area contributed by atoms with Gasteiger partial charge in [0.1, 0.15) is 0 Å². The molecule has 0 aliphatic carbocycles. The molecule has 15 heavy (non-hydrogen) atoms. The van der Waals surface area contributed by atoms with E-state index in [0.717, 1.165) is 5.56 Å². The van der Waals surface area contributed by atoms with Crippen molar-refractivity contribution in [3.05, 3.63) is 58.8 Å². The second kappa shape index (κ2) is 3.96. The molecule has 0 fully saturated rings. The molecule has 0 radical (unpaired) electrons. The topological polar surface area (TPSA) is 60.9 Å². The average Bonchev–Trinajstić information content (AvgIpc) is 2.22. The predicted octanol–water partition coefficient (Wildman–Crippen LogP) is 0.874. The van der Waals surface area contributed by atoms with Crippen LogP contribution in [-0.4, -0.2) is 9.55 Å². The monoisotopic (exact) mass is 201 g/mol. The number of nitrogens with zero attached hydrogens (tertiary/aromatic N) is 2. The Morgan fingerprint density at radius 1 is 1.33 bits per heavy atom. The fourth-order valence-corrected chi connectivity index (χ4v) is 1.39. The van der Waals surface area contributed by atoms with Crippen LogP contribution in [0.4, 0.5) is 5.69 Å². The van der Waals surface area contributed by atoms with Gasteiger partial charge in [-0.15, -0.1) is 0 Å². The molecule has 0 aliphatic heterocycles. The van der Waals surface area contributed by atoms with Crippen LogP contribution in [0.15, 0.2) is 47.7 Å². The van der Waals surface area contributed by atoms with E-state index < -0.39 is 0 Å². The quantitative estimate of drug-likeness (QED) is 0.733. The molecule has 0 spiro atoms. The van der Waals surface area contributed by atoms with Gasteiger partial charge in [0.2, 0.25) is 0 Å². The molecule has 2 rings (SSSR count). The zero-order valence-corrected chi connectivity index (χ0v) is 8.13. The molecule has 0 amide bonds. The molecule has 2 N–H and O–H groups in total. The zero-order chi connectivity index (χ0) is 10.7. The molecule has 0 aliphatic rings. The second-order valence-electron chi connectivity index (χ2n) is 3.29. The van der Waals surface area contributed by atoms with E-state index in [-0.39, 0.29) is 5.56 Å². The van der Waals surface area contributed by atoms with E-state index in [4.69, 9.17) is 5.73 Å². The van der Waals surface area contributed by atoms with Crippen molar-refractivity contribution in [1.82, 2.24) is 9.55 Å². The number of aromatic nitrogens is 2. The number of rotatable bonds is 2. The molecule has 0 saturated heterocycles. The van der Waals surface area contributed by atoms with Gasteiger partial charge in [0, 0.05) is 18.0 Å². The third-order valence-corrected chi connectivity index (χ3v) is 2.10. The van der Waals surface area contributed by atoms with Crippen molar-refractivity contribution in [2.75, 3.05) is 5.73 Å². The van der Waals surface area contributed by atoms with E-state index in [0.29, 0.717) is 12.2 Å². The Labute approximate surface area is 87.0 Å². The van der Waals surface area contributed by atoms with E-state index >= 15 is 0 Å². The van der Waals surface area contributed by atoms with Crippen molar-refractivity contribution in [2.24, 2.45) is 0 Å². The Morgan fingerprint density at radius 3 is 2.93 bits per heavy atom. The first-order valence-corrected chi connectivity index (χ1v) is 4.60. The minimum Gasteiger partial charge on any atom is -0.399 e. The van der Waals surface area contributed by atoms with Crippen molar-refractivity contribution in [3.8, 4) is 0 Å². The summed E-state index contributed by atoms with van der Waals surface area (Å²) < 4.78 is 1.54. The normalized spacial score (nSPS) is 10.1. The van der Waals surface area contributed by atoms with Crippen LogP contribution in [-0.2, 0) is 6.54 Å². The second-order valence-corrected chi connectivity index (χ2v) is 3.29. The molecule has 1 aromatic carbocycles. The molecule has 1 aromatic heterocycles. The smallest absolute Gasteiger partial charge is 0.253 e. The third kappa shape index (κ3) is 2.22. The SMILES string of the molecule is Nc1cccc(Cn2cnccc2=O)c1. The lowest BCUT2D eigenvalue weighted by atomic mass is 10.2. The lowest BCUT2D eigenvalue weighted by Gasteiger charge is -2.04. The maximum absolute atomic E-state index is 11.4. The van der Waals surface area contributed by atoms with Gasteiger partial charge < -0.3 is 5.73 Å². The van der Waals surface area contributed by atoms with Gasteiger partial charge in [-0.25, -0.2) is 4.98 Å². The molecule has 0 atom stereocenters. The maximum Gasteiger partial charge on any atom is 0.253 e. The maximum atomic E-state index is 11.4. The van der Waals surface area contributed by atoms with Crippen LogP contribution in [0.3, 0.4) is 0 Å². The Balaban J connectivity index is 2.30. The minimum absolute atomic E-state index is 0.0626. The summed E-state index contributed by atoms with van der Waals surface area (Å²) in [6.07, 6.45) is 3.00. The van der Waals surface area contributed by atoms with Crippen molar-refractivity contribution < 1.29 is 0 Å². The number of hydrogen-bond donors (Lipinski definition) is 1. The summed E-state index contributed by atoms with van der Waals surface area (Å²) in [6.45, 7) is 0.498. The molecular formula is C11H11N3O. The molecule has 4 nitrogen and oxygen atoms in total. The number of nitrogens with two attached hydrogens (primary N) is 1. The number of benzene rings is 1. The summed E-state index contributed by atoms with van der Waals surface area (Å²) in [7, 11) is 0. The first-order valence-electron chi connectivity index (χ1n) is 4.60. The molecule has 0 saturated carbocycles. The highest BCUT2D eigenvalue weighted by Gasteiger charge is 1.97. The molecule has 76 valence electrons. The van der Waals surface area contributed by atoms with Crippen molar-refractivity contribution in [3.63, 3.8) is 0 Å². The summed E-state index contributed by atoms with van der Waals surface area (Å²) in [5.41, 5.74) is 7.27. The van der Waals surface area contributed by atoms with Gasteiger partial charge in [0.05, 0.1) is 12.9 Å². The van der Waals surface area contributed by atoms with Crippen LogP contribution in [0.1, 0.15) is 5.56 Å². The Bertz CT molecular complexity index is 519. The van der Waals surface area contributed by atoms with Crippen molar-refractivity contribution in [2.45, 2.75) is 6.54 Å². The van der Waals surface area contributed by atoms with E-state index in [1.54, 1.807) is 0 Å². The third-order valence-electron chi connectivity index (χ3n) is 2.10. The first kappa shape index (κ1) is 9.45. The highest BCUT2D eigenvalue weighted by molar-refractivity contribution is 5.40. The van der Waals surface area contributed by atoms with Crippen LogP contribution in [0.5, 0.6) is 0 Å². The molecule has 0 unspecified atom stereocenters. The Hall–Kier alpha value is -2.10. The largest absolute Gasteiger partial charge is 0.399 e. The van der Waals surface area contributed by atoms with E-state index in [1.165, 1.54) is 23.2 Å². The lowest BCUT2D eigenvalue weighted by molar-refractivity contribution is 0.736. The Kier molecular flexibility index (Phi) is 2.49. The van der Waals surface area contributed by atoms with Crippen LogP contribution >= 0.6 is 0 Å². The van der Waals surface area contributed by atoms with Gasteiger partial charge in [0.15, 0.2) is 0 Å². The Morgan fingerprint density at radius 2 is 2.20 bits per heavy atom. The van der Waals surface area contributed by atoms with Gasteiger partial charge in [0.25, 0.3) is 5.56 Å². The molecule has 1 heterocycles. The standard InChI is InChI=1S/C11H11N3O/c12-10-3-1-2-9(6-10)7-14-8-13-5-4-11(14)15/h1-6,8H,7,12H2. The predicted molar refractivity (Wildman–Crippen MR) is 58.5 cm³/mol. The molecular weight excluding hydrogens is 190 g/mol. The van der Waals surface area contributed by atoms with E-state index in [1.807, 2.05) is 24.3 Å². The highest BCUT2D eigenvalue weighted by Crippen LogP contribution is 2.06. The summed E-state index contributed by atoms with van der Waals surface area (Å²) in [6, 6.07) is 8.89. The van der Waals surface area contributed by atoms with E-state index in [2.05, 4.69) is 4.98 Å². The van der Waals surface area contributed by atoms with Crippen molar-refractivity contribution >= 4 is 5.69 Å². The zero-order valence-electron chi connectivity index (χ0n) is 8.13. The van der Waals surface area contributed by atoms with E-state index in [9.17, 15) is 4.79 Å². The van der Waals surface area contributed by atoms with Gasteiger partial charge >= 0.3 is 0 Å². The number of hydrogen-bond acceptors (Lipinski definition) is 3. The lowest BCUT2D eigenvalue weighted by Crippen LogP contribution is -2.19. The number of anilines is 1. The number of nitrogen functional groups attached to an aromatic ring is 1. The van der Waals surface area contributed by atoms with Crippen LogP contribution in [0.25, 0.3) is 0 Å². The summed E-state index contributed by atoms with van der Waals surface area (Å²) in [4.78, 5) is 15.3. The molecule has 2 aromatic rings. The van der Waals surface area contributed by atoms with Gasteiger partial charge in [-0.3, -0.25) is 9.36 Å². The first-order chi connectivity index (χ1) is 7.25. The summed E-state index contributed by atoms with van der Waals surface area (Å²) >= 11 is 0. The van der Waals surface area contributed by atoms with Crippen LogP contribution < -0.4 is 11.3 Å². The highest BCUT2D eigenvalue weighted by atomic mass is 16.1. The fraction of sp³-hybridized carbons (Fsp3) is 0.0909.